The van der Waals surface area contributed by atoms with E-state index in [9.17, 15) is 9.59 Å². The Morgan fingerprint density at radius 2 is 2.21 bits per heavy atom. The maximum Gasteiger partial charge on any atom is 0.251 e. The van der Waals surface area contributed by atoms with Gasteiger partial charge in [0.25, 0.3) is 5.91 Å². The number of anilines is 1. The molecule has 19 heavy (non-hydrogen) atoms. The molecular weight excluding hydrogens is 248 g/mol. The van der Waals surface area contributed by atoms with Crippen molar-refractivity contribution in [3.05, 3.63) is 11.9 Å². The number of likely N-dealkylation sites (N-methyl/N-ethyl adjacent to an activating group) is 1. The Labute approximate surface area is 111 Å². The lowest BCUT2D eigenvalue weighted by molar-refractivity contribution is -0.136. The van der Waals surface area contributed by atoms with Gasteiger partial charge in [0.1, 0.15) is 17.7 Å². The van der Waals surface area contributed by atoms with E-state index >= 15 is 0 Å². The zero-order valence-corrected chi connectivity index (χ0v) is 11.1. The average molecular weight is 264 g/mol. The molecule has 0 aromatic carbocycles. The van der Waals surface area contributed by atoms with Gasteiger partial charge in [0.15, 0.2) is 0 Å². The number of hydrogen-bond donors (Lipinski definition) is 1. The quantitative estimate of drug-likeness (QED) is 0.790. The molecule has 7 heteroatoms. The molecule has 102 valence electrons. The summed E-state index contributed by atoms with van der Waals surface area (Å²) in [5.41, 5.74) is 0. The Balaban J connectivity index is 2.15. The topological polar surface area (TPSA) is 84.4 Å². The van der Waals surface area contributed by atoms with Crippen LogP contribution < -0.4 is 10.1 Å². The smallest absolute Gasteiger partial charge is 0.251 e. The third-order valence-electron chi connectivity index (χ3n) is 2.81. The molecule has 7 nitrogen and oxygen atoms in total. The molecule has 0 bridgehead atoms. The third kappa shape index (κ3) is 2.81. The lowest BCUT2D eigenvalue weighted by atomic mass is 10.2. The lowest BCUT2D eigenvalue weighted by Gasteiger charge is -2.12. The number of aryl methyl sites for hydroxylation is 1. The summed E-state index contributed by atoms with van der Waals surface area (Å²) < 4.78 is 5.31. The Bertz CT molecular complexity index is 518. The number of rotatable bonds is 4. The maximum atomic E-state index is 11.8. The summed E-state index contributed by atoms with van der Waals surface area (Å²) in [5.74, 6) is 1.02. The number of nitrogens with one attached hydrogen (secondary N) is 1. The van der Waals surface area contributed by atoms with Gasteiger partial charge < -0.3 is 10.1 Å². The van der Waals surface area contributed by atoms with Crippen LogP contribution in [0.15, 0.2) is 6.07 Å². The number of ether oxygens (including phenoxy) is 1. The Morgan fingerprint density at radius 1 is 1.47 bits per heavy atom. The van der Waals surface area contributed by atoms with E-state index in [0.717, 1.165) is 4.90 Å². The molecule has 2 heterocycles. The molecule has 1 aromatic rings. The molecule has 0 saturated carbocycles. The first-order chi connectivity index (χ1) is 9.01. The number of likely N-dealkylation sites (tertiary alicyclic amines) is 1. The van der Waals surface area contributed by atoms with Crippen LogP contribution in [-0.4, -0.2) is 46.4 Å². The van der Waals surface area contributed by atoms with E-state index in [-0.39, 0.29) is 18.2 Å². The Hall–Kier alpha value is -2.18. The van der Waals surface area contributed by atoms with Gasteiger partial charge in [-0.2, -0.15) is 4.98 Å². The summed E-state index contributed by atoms with van der Waals surface area (Å²) >= 11 is 0. The van der Waals surface area contributed by atoms with Crippen LogP contribution in [0.1, 0.15) is 19.2 Å². The van der Waals surface area contributed by atoms with Crippen molar-refractivity contribution in [2.45, 2.75) is 26.3 Å². The molecule has 0 radical (unpaired) electrons. The predicted molar refractivity (Wildman–Crippen MR) is 67.7 cm³/mol. The van der Waals surface area contributed by atoms with E-state index in [1.807, 2.05) is 6.92 Å². The van der Waals surface area contributed by atoms with Crippen LogP contribution in [0.4, 0.5) is 5.82 Å². The minimum Gasteiger partial charge on any atom is -0.478 e. The second-order valence-corrected chi connectivity index (χ2v) is 4.26. The average Bonchev–Trinajstić information content (AvgIpc) is 2.57. The largest absolute Gasteiger partial charge is 0.478 e. The van der Waals surface area contributed by atoms with E-state index in [0.29, 0.717) is 24.1 Å². The maximum absolute atomic E-state index is 11.8. The van der Waals surface area contributed by atoms with Crippen molar-refractivity contribution in [3.8, 4) is 5.88 Å². The van der Waals surface area contributed by atoms with Crippen molar-refractivity contribution in [1.29, 1.82) is 0 Å². The van der Waals surface area contributed by atoms with Gasteiger partial charge in [0.2, 0.25) is 11.8 Å². The van der Waals surface area contributed by atoms with E-state index in [1.165, 1.54) is 7.05 Å². The van der Waals surface area contributed by atoms with Crippen LogP contribution in [-0.2, 0) is 9.59 Å². The first-order valence-electron chi connectivity index (χ1n) is 6.06. The number of amides is 2. The summed E-state index contributed by atoms with van der Waals surface area (Å²) in [4.78, 5) is 32.6. The second kappa shape index (κ2) is 5.21. The molecule has 1 aliphatic heterocycles. The molecule has 1 saturated heterocycles. The molecular formula is C12H16N4O3. The number of hydrogen-bond acceptors (Lipinski definition) is 6. The van der Waals surface area contributed by atoms with Crippen LogP contribution in [0, 0.1) is 6.92 Å². The third-order valence-corrected chi connectivity index (χ3v) is 2.81. The molecule has 1 fully saturated rings. The molecule has 1 N–H and O–H groups in total. The van der Waals surface area contributed by atoms with Gasteiger partial charge in [0, 0.05) is 13.1 Å². The summed E-state index contributed by atoms with van der Waals surface area (Å²) in [7, 11) is 1.48. The number of aromatic nitrogens is 2. The number of nitrogens with zero attached hydrogens (tertiary/aromatic N) is 3. The Morgan fingerprint density at radius 3 is 2.79 bits per heavy atom. The molecule has 1 atom stereocenters. The second-order valence-electron chi connectivity index (χ2n) is 4.26. The molecule has 0 aliphatic carbocycles. The number of carbonyl (C=O) groups excluding carboxylic acids is 2. The van der Waals surface area contributed by atoms with Gasteiger partial charge in [-0.3, -0.25) is 14.5 Å². The summed E-state index contributed by atoms with van der Waals surface area (Å²) in [6.45, 7) is 4.10. The highest BCUT2D eigenvalue weighted by atomic mass is 16.5. The van der Waals surface area contributed by atoms with E-state index in [4.69, 9.17) is 4.74 Å². The molecule has 1 aliphatic rings. The van der Waals surface area contributed by atoms with E-state index in [1.54, 1.807) is 13.0 Å². The van der Waals surface area contributed by atoms with Crippen molar-refractivity contribution in [2.24, 2.45) is 0 Å². The Kier molecular flexibility index (Phi) is 3.64. The fourth-order valence-corrected chi connectivity index (χ4v) is 1.88. The van der Waals surface area contributed by atoms with Gasteiger partial charge in [-0.1, -0.05) is 0 Å². The fraction of sp³-hybridized carbons (Fsp3) is 0.500. The van der Waals surface area contributed by atoms with Crippen molar-refractivity contribution in [3.63, 3.8) is 0 Å². The number of imide groups is 1. The number of carbonyl (C=O) groups is 2. The minimum absolute atomic E-state index is 0.141. The van der Waals surface area contributed by atoms with Crippen molar-refractivity contribution >= 4 is 17.6 Å². The van der Waals surface area contributed by atoms with Crippen LogP contribution in [0.5, 0.6) is 5.88 Å². The van der Waals surface area contributed by atoms with Crippen LogP contribution >= 0.6 is 0 Å². The van der Waals surface area contributed by atoms with Gasteiger partial charge in [-0.25, -0.2) is 4.98 Å². The van der Waals surface area contributed by atoms with Gasteiger partial charge in [0.05, 0.1) is 13.0 Å². The molecule has 0 spiro atoms. The SMILES string of the molecule is CCOc1cc(NC2CC(=O)N(C)C2=O)nc(C)n1. The summed E-state index contributed by atoms with van der Waals surface area (Å²) in [6, 6.07) is 1.05. The van der Waals surface area contributed by atoms with Crippen LogP contribution in [0.25, 0.3) is 0 Å². The van der Waals surface area contributed by atoms with Crippen molar-refractivity contribution < 1.29 is 14.3 Å². The molecule has 1 aromatic heterocycles. The molecule has 2 amide bonds. The predicted octanol–water partition coefficient (Wildman–Crippen LogP) is 0.353. The monoisotopic (exact) mass is 264 g/mol. The first kappa shape index (κ1) is 13.3. The van der Waals surface area contributed by atoms with E-state index < -0.39 is 6.04 Å². The zero-order valence-electron chi connectivity index (χ0n) is 11.1. The van der Waals surface area contributed by atoms with E-state index in [2.05, 4.69) is 15.3 Å². The standard InChI is InChI=1S/C12H16N4O3/c1-4-19-10-6-9(13-7(2)14-10)15-8-5-11(17)16(3)12(8)18/h6,8H,4-5H2,1-3H3,(H,13,14,15). The highest BCUT2D eigenvalue weighted by Gasteiger charge is 2.36. The van der Waals surface area contributed by atoms with Gasteiger partial charge in [-0.15, -0.1) is 0 Å². The van der Waals surface area contributed by atoms with Crippen LogP contribution in [0.3, 0.4) is 0 Å². The molecule has 2 rings (SSSR count). The first-order valence-corrected chi connectivity index (χ1v) is 6.06. The van der Waals surface area contributed by atoms with Gasteiger partial charge in [-0.05, 0) is 13.8 Å². The zero-order chi connectivity index (χ0) is 14.0. The minimum atomic E-state index is -0.568. The van der Waals surface area contributed by atoms with Gasteiger partial charge >= 0.3 is 0 Å². The van der Waals surface area contributed by atoms with Crippen molar-refractivity contribution in [1.82, 2.24) is 14.9 Å². The summed E-state index contributed by atoms with van der Waals surface area (Å²) in [5, 5.41) is 2.95. The highest BCUT2D eigenvalue weighted by Crippen LogP contribution is 2.18. The molecule has 1 unspecified atom stereocenters. The lowest BCUT2D eigenvalue weighted by Crippen LogP contribution is -2.32. The van der Waals surface area contributed by atoms with Crippen molar-refractivity contribution in [2.75, 3.05) is 19.0 Å². The fourth-order valence-electron chi connectivity index (χ4n) is 1.88. The summed E-state index contributed by atoms with van der Waals surface area (Å²) in [6.07, 6.45) is 0.141. The van der Waals surface area contributed by atoms with Crippen LogP contribution in [0.2, 0.25) is 0 Å². The normalized spacial score (nSPS) is 18.9. The highest BCUT2D eigenvalue weighted by molar-refractivity contribution is 6.06.